The van der Waals surface area contributed by atoms with E-state index in [1.807, 2.05) is 18.5 Å². The van der Waals surface area contributed by atoms with E-state index in [1.165, 1.54) is 60.9 Å². The molecule has 4 heteroatoms. The molecule has 172 valence electrons. The van der Waals surface area contributed by atoms with Gasteiger partial charge >= 0.3 is 0 Å². The van der Waals surface area contributed by atoms with Gasteiger partial charge in [0, 0.05) is 24.7 Å². The summed E-state index contributed by atoms with van der Waals surface area (Å²) >= 11 is 0. The molecule has 2 aromatic carbocycles. The van der Waals surface area contributed by atoms with Crippen molar-refractivity contribution in [2.75, 3.05) is 19.6 Å². The van der Waals surface area contributed by atoms with Crippen molar-refractivity contribution in [1.82, 2.24) is 4.90 Å². The Labute approximate surface area is 197 Å². The zero-order chi connectivity index (χ0) is 22.5. The minimum Gasteiger partial charge on any atom is -0.303 e. The normalized spacial score (nSPS) is 23.2. The highest BCUT2D eigenvalue weighted by molar-refractivity contribution is 5.94. The number of likely N-dealkylation sites (tertiary alicyclic amines) is 1. The van der Waals surface area contributed by atoms with Crippen LogP contribution in [0, 0.1) is 11.7 Å². The molecule has 0 amide bonds. The smallest absolute Gasteiger partial charge is 0.123 e. The van der Waals surface area contributed by atoms with Gasteiger partial charge in [0.15, 0.2) is 0 Å². The molecule has 1 saturated carbocycles. The van der Waals surface area contributed by atoms with Crippen LogP contribution in [-0.2, 0) is 0 Å². The molecule has 2 aliphatic heterocycles. The largest absolute Gasteiger partial charge is 0.303 e. The Morgan fingerprint density at radius 3 is 2.45 bits per heavy atom. The number of hydrogen-bond donors (Lipinski definition) is 0. The van der Waals surface area contributed by atoms with E-state index in [1.54, 1.807) is 12.1 Å². The average molecular weight is 444 g/mol. The quantitative estimate of drug-likeness (QED) is 0.498. The fourth-order valence-corrected chi connectivity index (χ4v) is 5.79. The molecule has 1 aliphatic carbocycles. The number of fused-ring (bicyclic) bond motifs is 1. The molecule has 1 saturated heterocycles. The Kier molecular flexibility index (Phi) is 7.11. The summed E-state index contributed by atoms with van der Waals surface area (Å²) in [5, 5.41) is 0. The van der Waals surface area contributed by atoms with Crippen LogP contribution < -0.4 is 0 Å². The third-order valence-electron chi connectivity index (χ3n) is 7.55. The number of hydrogen-bond acceptors (Lipinski definition) is 3. The summed E-state index contributed by atoms with van der Waals surface area (Å²) in [7, 11) is 0. The molecule has 0 N–H and O–H groups in total. The maximum absolute atomic E-state index is 13.6. The van der Waals surface area contributed by atoms with Crippen LogP contribution in [0.2, 0.25) is 0 Å². The molecular formula is C29H34FN3. The topological polar surface area (TPSA) is 28.0 Å². The van der Waals surface area contributed by atoms with Crippen molar-refractivity contribution in [3.05, 3.63) is 77.1 Å². The van der Waals surface area contributed by atoms with Crippen molar-refractivity contribution in [3.8, 4) is 0 Å². The lowest BCUT2D eigenvalue weighted by atomic mass is 9.80. The van der Waals surface area contributed by atoms with Crippen molar-refractivity contribution in [1.29, 1.82) is 0 Å². The summed E-state index contributed by atoms with van der Waals surface area (Å²) in [6, 6.07) is 18.0. The standard InChI is InChI=1S/C29H34FN3/c30-25-14-12-23(13-15-25)29(22-7-2-1-3-8-22)24-16-19-33(20-17-24)18-6-11-28-26-9-4-5-10-27(26)31-21-32-28/h1-3,7-8,12-15,21,26,28H,4-6,9-11,16-20H2. The molecular weight excluding hydrogens is 409 g/mol. The van der Waals surface area contributed by atoms with Crippen LogP contribution in [0.4, 0.5) is 4.39 Å². The van der Waals surface area contributed by atoms with E-state index in [9.17, 15) is 4.39 Å². The number of benzene rings is 2. The van der Waals surface area contributed by atoms with Gasteiger partial charge < -0.3 is 4.90 Å². The van der Waals surface area contributed by atoms with Gasteiger partial charge in [0.1, 0.15) is 12.2 Å². The van der Waals surface area contributed by atoms with Crippen LogP contribution in [0.15, 0.2) is 70.2 Å². The second-order valence-corrected chi connectivity index (χ2v) is 9.64. The zero-order valence-corrected chi connectivity index (χ0v) is 19.4. The molecule has 33 heavy (non-hydrogen) atoms. The van der Waals surface area contributed by atoms with Crippen molar-refractivity contribution < 1.29 is 4.39 Å². The van der Waals surface area contributed by atoms with Crippen molar-refractivity contribution in [2.24, 2.45) is 15.9 Å². The summed E-state index contributed by atoms with van der Waals surface area (Å²) in [5.41, 5.74) is 6.53. The minimum absolute atomic E-state index is 0.181. The molecule has 0 radical (unpaired) electrons. The van der Waals surface area contributed by atoms with Crippen LogP contribution in [0.5, 0.6) is 0 Å². The van der Waals surface area contributed by atoms with E-state index in [4.69, 9.17) is 4.99 Å². The molecule has 2 heterocycles. The number of aliphatic imine (C=N–C) groups is 2. The second kappa shape index (κ2) is 10.6. The van der Waals surface area contributed by atoms with Gasteiger partial charge in [-0.25, -0.2) is 9.38 Å². The van der Waals surface area contributed by atoms with Gasteiger partial charge in [-0.15, -0.1) is 0 Å². The van der Waals surface area contributed by atoms with Crippen molar-refractivity contribution in [2.45, 2.75) is 57.4 Å². The SMILES string of the molecule is Fc1ccc(C(=C2CCN(CCCC3N=CN=C4CCCCC43)CC2)c2ccccc2)cc1. The highest BCUT2D eigenvalue weighted by atomic mass is 19.1. The van der Waals surface area contributed by atoms with E-state index >= 15 is 0 Å². The number of nitrogens with zero attached hydrogens (tertiary/aromatic N) is 3. The van der Waals surface area contributed by atoms with Gasteiger partial charge in [0.25, 0.3) is 0 Å². The molecule has 2 fully saturated rings. The lowest BCUT2D eigenvalue weighted by molar-refractivity contribution is 0.246. The molecule has 5 rings (SSSR count). The molecule has 2 unspecified atom stereocenters. The van der Waals surface area contributed by atoms with Crippen LogP contribution in [-0.4, -0.2) is 42.6 Å². The zero-order valence-electron chi connectivity index (χ0n) is 19.4. The van der Waals surface area contributed by atoms with E-state index in [-0.39, 0.29) is 5.82 Å². The third-order valence-corrected chi connectivity index (χ3v) is 7.55. The van der Waals surface area contributed by atoms with Crippen LogP contribution >= 0.6 is 0 Å². The summed E-state index contributed by atoms with van der Waals surface area (Å²) in [6.07, 6.45) is 11.4. The van der Waals surface area contributed by atoms with Gasteiger partial charge in [-0.2, -0.15) is 0 Å². The van der Waals surface area contributed by atoms with E-state index < -0.39 is 0 Å². The highest BCUT2D eigenvalue weighted by Gasteiger charge is 2.30. The highest BCUT2D eigenvalue weighted by Crippen LogP contribution is 2.33. The first-order valence-electron chi connectivity index (χ1n) is 12.6. The second-order valence-electron chi connectivity index (χ2n) is 9.64. The Morgan fingerprint density at radius 1 is 0.909 bits per heavy atom. The molecule has 2 atom stereocenters. The molecule has 3 nitrogen and oxygen atoms in total. The van der Waals surface area contributed by atoms with Gasteiger partial charge in [-0.05, 0) is 80.3 Å². The summed E-state index contributed by atoms with van der Waals surface area (Å²) in [4.78, 5) is 11.9. The lowest BCUT2D eigenvalue weighted by Crippen LogP contribution is -2.35. The first kappa shape index (κ1) is 22.2. The predicted molar refractivity (Wildman–Crippen MR) is 135 cm³/mol. The Bertz CT molecular complexity index is 1010. The van der Waals surface area contributed by atoms with Crippen LogP contribution in [0.25, 0.3) is 5.57 Å². The van der Waals surface area contributed by atoms with Crippen molar-refractivity contribution >= 4 is 17.6 Å². The molecule has 0 spiro atoms. The molecule has 0 aromatic heterocycles. The Hall–Kier alpha value is -2.59. The third kappa shape index (κ3) is 5.33. The van der Waals surface area contributed by atoms with Gasteiger partial charge in [-0.1, -0.05) is 54.5 Å². The fourth-order valence-electron chi connectivity index (χ4n) is 5.79. The summed E-state index contributed by atoms with van der Waals surface area (Å²) in [6.45, 7) is 3.34. The minimum atomic E-state index is -0.181. The summed E-state index contributed by atoms with van der Waals surface area (Å²) in [5.74, 6) is 0.420. The van der Waals surface area contributed by atoms with Crippen LogP contribution in [0.1, 0.15) is 62.5 Å². The number of piperidine rings is 1. The van der Waals surface area contributed by atoms with Crippen molar-refractivity contribution in [3.63, 3.8) is 0 Å². The Morgan fingerprint density at radius 2 is 1.67 bits per heavy atom. The summed E-state index contributed by atoms with van der Waals surface area (Å²) < 4.78 is 13.6. The first-order chi connectivity index (χ1) is 16.3. The average Bonchev–Trinajstić information content (AvgIpc) is 2.87. The lowest BCUT2D eigenvalue weighted by Gasteiger charge is -2.33. The maximum Gasteiger partial charge on any atom is 0.123 e. The van der Waals surface area contributed by atoms with Gasteiger partial charge in [0.05, 0.1) is 6.04 Å². The molecule has 0 bridgehead atoms. The first-order valence-corrected chi connectivity index (χ1v) is 12.6. The van der Waals surface area contributed by atoms with Crippen LogP contribution in [0.3, 0.4) is 0 Å². The number of halogens is 1. The Balaban J connectivity index is 1.20. The maximum atomic E-state index is 13.6. The molecule has 3 aliphatic rings. The van der Waals surface area contributed by atoms with E-state index in [2.05, 4.69) is 40.2 Å². The fraction of sp³-hybridized carbons (Fsp3) is 0.448. The van der Waals surface area contributed by atoms with Gasteiger partial charge in [-0.3, -0.25) is 4.99 Å². The van der Waals surface area contributed by atoms with E-state index in [0.717, 1.165) is 38.0 Å². The predicted octanol–water partition coefficient (Wildman–Crippen LogP) is 6.55. The van der Waals surface area contributed by atoms with Gasteiger partial charge in [0.2, 0.25) is 0 Å². The number of rotatable bonds is 6. The van der Waals surface area contributed by atoms with E-state index in [0.29, 0.717) is 12.0 Å². The monoisotopic (exact) mass is 443 g/mol. The molecule has 2 aromatic rings.